The second-order valence-corrected chi connectivity index (χ2v) is 8.27. The summed E-state index contributed by atoms with van der Waals surface area (Å²) in [5, 5.41) is 16.7. The van der Waals surface area contributed by atoms with Crippen molar-refractivity contribution in [3.05, 3.63) is 35.9 Å². The minimum atomic E-state index is -0.447. The van der Waals surface area contributed by atoms with Crippen LogP contribution in [0.3, 0.4) is 0 Å². The summed E-state index contributed by atoms with van der Waals surface area (Å²) in [7, 11) is 0. The van der Waals surface area contributed by atoms with E-state index < -0.39 is 5.41 Å². The van der Waals surface area contributed by atoms with E-state index in [0.717, 1.165) is 57.3 Å². The van der Waals surface area contributed by atoms with Gasteiger partial charge in [0.2, 0.25) is 5.91 Å². The number of rotatable bonds is 2. The standard InChI is InChI=1S/C21H28N4O/c22-15-21(17-4-2-1-3-5-17)8-12-25(13-9-21)19(26)18-14-20(16-24-18)6-10-23-11-7-20/h1-5,18,23-24H,6-14,16H2/t18-/m1/s1. The van der Waals surface area contributed by atoms with Gasteiger partial charge in [0.1, 0.15) is 0 Å². The van der Waals surface area contributed by atoms with E-state index in [1.807, 2.05) is 35.2 Å². The number of nitrogens with one attached hydrogen (secondary N) is 2. The van der Waals surface area contributed by atoms with E-state index in [4.69, 9.17) is 0 Å². The molecule has 0 saturated carbocycles. The molecule has 2 N–H and O–H groups in total. The summed E-state index contributed by atoms with van der Waals surface area (Å²) in [4.78, 5) is 15.0. The van der Waals surface area contributed by atoms with Gasteiger partial charge in [0.15, 0.2) is 0 Å². The average Bonchev–Trinajstić information content (AvgIpc) is 3.12. The largest absolute Gasteiger partial charge is 0.341 e. The first-order valence-electron chi connectivity index (χ1n) is 9.86. The van der Waals surface area contributed by atoms with Gasteiger partial charge in [-0.15, -0.1) is 0 Å². The van der Waals surface area contributed by atoms with Gasteiger partial charge >= 0.3 is 0 Å². The van der Waals surface area contributed by atoms with E-state index in [-0.39, 0.29) is 11.9 Å². The molecule has 1 aromatic rings. The van der Waals surface area contributed by atoms with E-state index in [0.29, 0.717) is 18.5 Å². The van der Waals surface area contributed by atoms with Gasteiger partial charge < -0.3 is 15.5 Å². The second kappa shape index (κ2) is 7.02. The van der Waals surface area contributed by atoms with Gasteiger partial charge in [0.25, 0.3) is 0 Å². The number of hydrogen-bond acceptors (Lipinski definition) is 4. The summed E-state index contributed by atoms with van der Waals surface area (Å²) in [6, 6.07) is 12.6. The Hall–Kier alpha value is -1.90. The number of amides is 1. The molecule has 3 fully saturated rings. The first kappa shape index (κ1) is 17.5. The molecule has 0 aliphatic carbocycles. The fraction of sp³-hybridized carbons (Fsp3) is 0.619. The zero-order chi connectivity index (χ0) is 18.0. The zero-order valence-electron chi connectivity index (χ0n) is 15.3. The Bertz CT molecular complexity index is 682. The van der Waals surface area contributed by atoms with Crippen LogP contribution in [0.5, 0.6) is 0 Å². The number of likely N-dealkylation sites (tertiary alicyclic amines) is 1. The van der Waals surface area contributed by atoms with E-state index >= 15 is 0 Å². The second-order valence-electron chi connectivity index (χ2n) is 8.27. The topological polar surface area (TPSA) is 68.2 Å². The third kappa shape index (κ3) is 3.13. The summed E-state index contributed by atoms with van der Waals surface area (Å²) in [5.41, 5.74) is 0.946. The highest BCUT2D eigenvalue weighted by Crippen LogP contribution is 2.39. The summed E-state index contributed by atoms with van der Waals surface area (Å²) in [6.45, 7) is 4.44. The predicted molar refractivity (Wildman–Crippen MR) is 100 cm³/mol. The average molecular weight is 352 g/mol. The molecular weight excluding hydrogens is 324 g/mol. The summed E-state index contributed by atoms with van der Waals surface area (Å²) in [5.74, 6) is 0.236. The Morgan fingerprint density at radius 2 is 1.81 bits per heavy atom. The van der Waals surface area contributed by atoms with Crippen molar-refractivity contribution in [1.82, 2.24) is 15.5 Å². The number of nitriles is 1. The molecular formula is C21H28N4O. The van der Waals surface area contributed by atoms with Crippen molar-refractivity contribution in [2.45, 2.75) is 43.6 Å². The normalized spacial score (nSPS) is 27.2. The lowest BCUT2D eigenvalue weighted by Gasteiger charge is -2.39. The maximum atomic E-state index is 13.0. The van der Waals surface area contributed by atoms with Gasteiger partial charge in [-0.25, -0.2) is 0 Å². The minimum absolute atomic E-state index is 0.0422. The molecule has 5 nitrogen and oxygen atoms in total. The Balaban J connectivity index is 1.39. The molecule has 0 radical (unpaired) electrons. The maximum Gasteiger partial charge on any atom is 0.239 e. The fourth-order valence-electron chi connectivity index (χ4n) is 4.98. The van der Waals surface area contributed by atoms with Crippen LogP contribution in [-0.2, 0) is 10.2 Å². The molecule has 1 spiro atoms. The van der Waals surface area contributed by atoms with Crippen LogP contribution < -0.4 is 10.6 Å². The minimum Gasteiger partial charge on any atom is -0.341 e. The molecule has 4 rings (SSSR count). The highest BCUT2D eigenvalue weighted by Gasteiger charge is 2.45. The fourth-order valence-corrected chi connectivity index (χ4v) is 4.98. The van der Waals surface area contributed by atoms with Crippen molar-refractivity contribution in [1.29, 1.82) is 5.26 Å². The Morgan fingerprint density at radius 3 is 2.46 bits per heavy atom. The molecule has 3 aliphatic rings. The first-order chi connectivity index (χ1) is 12.7. The smallest absolute Gasteiger partial charge is 0.239 e. The zero-order valence-corrected chi connectivity index (χ0v) is 15.3. The van der Waals surface area contributed by atoms with Crippen LogP contribution in [0.2, 0.25) is 0 Å². The Kier molecular flexibility index (Phi) is 4.73. The molecule has 1 aromatic carbocycles. The summed E-state index contributed by atoms with van der Waals surface area (Å²) in [6.07, 6.45) is 4.73. The molecule has 0 unspecified atom stereocenters. The number of nitrogens with zero attached hydrogens (tertiary/aromatic N) is 2. The van der Waals surface area contributed by atoms with E-state index in [2.05, 4.69) is 16.7 Å². The third-order valence-corrected chi connectivity index (χ3v) is 6.79. The van der Waals surface area contributed by atoms with Crippen molar-refractivity contribution in [2.24, 2.45) is 5.41 Å². The molecule has 3 heterocycles. The molecule has 3 aliphatic heterocycles. The molecule has 5 heteroatoms. The molecule has 138 valence electrons. The quantitative estimate of drug-likeness (QED) is 0.852. The van der Waals surface area contributed by atoms with Gasteiger partial charge in [0.05, 0.1) is 17.5 Å². The van der Waals surface area contributed by atoms with Crippen molar-refractivity contribution in [3.8, 4) is 6.07 Å². The SMILES string of the molecule is N#CC1(c2ccccc2)CCN(C(=O)[C@H]2CC3(CCNCC3)CN2)CC1. The van der Waals surface area contributed by atoms with Crippen molar-refractivity contribution >= 4 is 5.91 Å². The highest BCUT2D eigenvalue weighted by atomic mass is 16.2. The van der Waals surface area contributed by atoms with Crippen LogP contribution in [0.25, 0.3) is 0 Å². The van der Waals surface area contributed by atoms with Gasteiger partial charge in [-0.3, -0.25) is 4.79 Å². The Labute approximate surface area is 155 Å². The van der Waals surface area contributed by atoms with Crippen LogP contribution in [0.1, 0.15) is 37.7 Å². The number of carbonyl (C=O) groups excluding carboxylic acids is 1. The Morgan fingerprint density at radius 1 is 1.12 bits per heavy atom. The van der Waals surface area contributed by atoms with Crippen LogP contribution in [0, 0.1) is 16.7 Å². The molecule has 1 amide bonds. The molecule has 26 heavy (non-hydrogen) atoms. The monoisotopic (exact) mass is 352 g/mol. The van der Waals surface area contributed by atoms with Crippen molar-refractivity contribution in [2.75, 3.05) is 32.7 Å². The van der Waals surface area contributed by atoms with Gasteiger partial charge in [0, 0.05) is 19.6 Å². The number of hydrogen-bond donors (Lipinski definition) is 2. The summed E-state index contributed by atoms with van der Waals surface area (Å²) >= 11 is 0. The number of carbonyl (C=O) groups is 1. The van der Waals surface area contributed by atoms with E-state index in [9.17, 15) is 10.1 Å². The lowest BCUT2D eigenvalue weighted by atomic mass is 9.74. The number of benzene rings is 1. The summed E-state index contributed by atoms with van der Waals surface area (Å²) < 4.78 is 0. The highest BCUT2D eigenvalue weighted by molar-refractivity contribution is 5.82. The van der Waals surface area contributed by atoms with Gasteiger partial charge in [-0.1, -0.05) is 30.3 Å². The molecule has 0 aromatic heterocycles. The van der Waals surface area contributed by atoms with Gasteiger partial charge in [-0.05, 0) is 56.2 Å². The molecule has 0 bridgehead atoms. The third-order valence-electron chi connectivity index (χ3n) is 6.79. The molecule has 3 saturated heterocycles. The van der Waals surface area contributed by atoms with Crippen LogP contribution in [0.15, 0.2) is 30.3 Å². The van der Waals surface area contributed by atoms with Crippen molar-refractivity contribution in [3.63, 3.8) is 0 Å². The molecule has 1 atom stereocenters. The lowest BCUT2D eigenvalue weighted by molar-refractivity contribution is -0.134. The maximum absolute atomic E-state index is 13.0. The van der Waals surface area contributed by atoms with Gasteiger partial charge in [-0.2, -0.15) is 5.26 Å². The number of piperidine rings is 2. The van der Waals surface area contributed by atoms with E-state index in [1.54, 1.807) is 0 Å². The lowest BCUT2D eigenvalue weighted by Crippen LogP contribution is -2.50. The van der Waals surface area contributed by atoms with Crippen LogP contribution in [0.4, 0.5) is 0 Å². The van der Waals surface area contributed by atoms with Crippen molar-refractivity contribution < 1.29 is 4.79 Å². The van der Waals surface area contributed by atoms with E-state index in [1.165, 1.54) is 0 Å². The predicted octanol–water partition coefficient (Wildman–Crippen LogP) is 1.80. The first-order valence-corrected chi connectivity index (χ1v) is 9.86. The van der Waals surface area contributed by atoms with Crippen LogP contribution >= 0.6 is 0 Å². The van der Waals surface area contributed by atoms with Crippen LogP contribution in [-0.4, -0.2) is 49.6 Å².